The quantitative estimate of drug-likeness (QED) is 0.673. The summed E-state index contributed by atoms with van der Waals surface area (Å²) in [5.41, 5.74) is 12.1. The minimum Gasteiger partial charge on any atom is -0.318 e. The first-order valence-corrected chi connectivity index (χ1v) is 6.36. The van der Waals surface area contributed by atoms with E-state index in [9.17, 15) is 0 Å². The van der Waals surface area contributed by atoms with Crippen LogP contribution in [-0.4, -0.2) is 0 Å². The second-order valence-electron chi connectivity index (χ2n) is 5.37. The highest BCUT2D eigenvalue weighted by Gasteiger charge is 2.42. The lowest BCUT2D eigenvalue weighted by Gasteiger charge is -2.45. The smallest absolute Gasteiger partial charge is 0.0671 e. The maximum Gasteiger partial charge on any atom is 0.0671 e. The van der Waals surface area contributed by atoms with E-state index >= 15 is 0 Å². The zero-order valence-corrected chi connectivity index (χ0v) is 10.5. The van der Waals surface area contributed by atoms with Crippen LogP contribution in [0.25, 0.3) is 0 Å². The lowest BCUT2D eigenvalue weighted by Crippen LogP contribution is -2.47. The molecule has 0 saturated carbocycles. The predicted octanol–water partition coefficient (Wildman–Crippen LogP) is 3.31. The number of allylic oxidation sites excluding steroid dienone is 2. The van der Waals surface area contributed by atoms with Gasteiger partial charge in [0.1, 0.15) is 0 Å². The number of nitrogens with two attached hydrogens (primary N) is 1. The molecule has 0 radical (unpaired) electrons. The minimum absolute atomic E-state index is 0.257. The number of hydrogen-bond donors (Lipinski definition) is 1. The van der Waals surface area contributed by atoms with E-state index in [-0.39, 0.29) is 5.54 Å². The van der Waals surface area contributed by atoms with Crippen molar-refractivity contribution in [1.29, 1.82) is 0 Å². The second kappa shape index (κ2) is 3.58. The molecule has 2 N–H and O–H groups in total. The Morgan fingerprint density at radius 2 is 2.12 bits per heavy atom. The molecule has 1 nitrogen and oxygen atoms in total. The Kier molecular flexibility index (Phi) is 2.27. The molecule has 1 aromatic rings. The lowest BCUT2D eigenvalue weighted by atomic mass is 9.62. The highest BCUT2D eigenvalue weighted by molar-refractivity contribution is 5.50. The summed E-state index contributed by atoms with van der Waals surface area (Å²) >= 11 is 0. The monoisotopic (exact) mass is 225 g/mol. The van der Waals surface area contributed by atoms with Crippen molar-refractivity contribution in [3.63, 3.8) is 0 Å². The van der Waals surface area contributed by atoms with E-state index in [4.69, 9.17) is 5.73 Å². The maximum atomic E-state index is 6.75. The third-order valence-electron chi connectivity index (χ3n) is 4.21. The molecule has 3 rings (SSSR count). The van der Waals surface area contributed by atoms with Crippen LogP contribution in [0.1, 0.15) is 31.4 Å². The van der Waals surface area contributed by atoms with Gasteiger partial charge in [-0.3, -0.25) is 0 Å². The van der Waals surface area contributed by atoms with Gasteiger partial charge < -0.3 is 5.73 Å². The highest BCUT2D eigenvalue weighted by atomic mass is 14.8. The van der Waals surface area contributed by atoms with Crippen molar-refractivity contribution in [3.8, 4) is 0 Å². The second-order valence-corrected chi connectivity index (χ2v) is 5.37. The van der Waals surface area contributed by atoms with Gasteiger partial charge in [0.15, 0.2) is 0 Å². The summed E-state index contributed by atoms with van der Waals surface area (Å²) in [6.45, 7) is 4.32. The molecule has 0 fully saturated rings. The molecule has 2 bridgehead atoms. The lowest BCUT2D eigenvalue weighted by molar-refractivity contribution is 0.415. The maximum absolute atomic E-state index is 6.75. The minimum atomic E-state index is -0.257. The molecule has 0 aliphatic heterocycles. The fourth-order valence-corrected chi connectivity index (χ4v) is 3.63. The fourth-order valence-electron chi connectivity index (χ4n) is 3.63. The van der Waals surface area contributed by atoms with Crippen molar-refractivity contribution < 1.29 is 0 Å². The van der Waals surface area contributed by atoms with Gasteiger partial charge in [0.2, 0.25) is 0 Å². The van der Waals surface area contributed by atoms with Crippen LogP contribution in [0, 0.1) is 5.92 Å². The molecule has 0 spiro atoms. The SMILES string of the molecule is C/C=C1\C2C=C(C)CC1(N)c1ccccc1C2. The van der Waals surface area contributed by atoms with E-state index in [1.54, 1.807) is 0 Å². The van der Waals surface area contributed by atoms with E-state index in [1.807, 2.05) is 0 Å². The topological polar surface area (TPSA) is 26.0 Å². The average molecular weight is 225 g/mol. The normalized spacial score (nSPS) is 33.2. The molecule has 1 heteroatoms. The van der Waals surface area contributed by atoms with Crippen molar-refractivity contribution in [2.24, 2.45) is 11.7 Å². The Labute approximate surface area is 103 Å². The molecule has 0 aromatic heterocycles. The Balaban J connectivity index is 2.26. The molecular formula is C16H19N. The Hall–Kier alpha value is -1.34. The number of benzene rings is 1. The van der Waals surface area contributed by atoms with E-state index in [2.05, 4.69) is 50.3 Å². The Bertz CT molecular complexity index is 524. The summed E-state index contributed by atoms with van der Waals surface area (Å²) in [5.74, 6) is 0.508. The predicted molar refractivity (Wildman–Crippen MR) is 71.6 cm³/mol. The van der Waals surface area contributed by atoms with E-state index < -0.39 is 0 Å². The summed E-state index contributed by atoms with van der Waals surface area (Å²) in [6, 6.07) is 8.66. The van der Waals surface area contributed by atoms with E-state index in [0.717, 1.165) is 12.8 Å². The van der Waals surface area contributed by atoms with E-state index in [0.29, 0.717) is 5.92 Å². The third-order valence-corrected chi connectivity index (χ3v) is 4.21. The Morgan fingerprint density at radius 3 is 2.88 bits per heavy atom. The number of rotatable bonds is 0. The molecule has 0 saturated heterocycles. The molecule has 0 heterocycles. The van der Waals surface area contributed by atoms with Crippen LogP contribution < -0.4 is 5.73 Å². The first-order valence-electron chi connectivity index (χ1n) is 6.36. The fraction of sp³-hybridized carbons (Fsp3) is 0.375. The van der Waals surface area contributed by atoms with Gasteiger partial charge in [-0.15, -0.1) is 0 Å². The van der Waals surface area contributed by atoms with Crippen LogP contribution in [0.5, 0.6) is 0 Å². The van der Waals surface area contributed by atoms with Crippen molar-refractivity contribution in [2.75, 3.05) is 0 Å². The molecule has 17 heavy (non-hydrogen) atoms. The van der Waals surface area contributed by atoms with Crippen LogP contribution in [0.3, 0.4) is 0 Å². The van der Waals surface area contributed by atoms with Crippen molar-refractivity contribution >= 4 is 0 Å². The first kappa shape index (κ1) is 10.8. The van der Waals surface area contributed by atoms with Gasteiger partial charge >= 0.3 is 0 Å². The van der Waals surface area contributed by atoms with Gasteiger partial charge in [-0.05, 0) is 43.4 Å². The van der Waals surface area contributed by atoms with Crippen LogP contribution >= 0.6 is 0 Å². The highest BCUT2D eigenvalue weighted by Crippen LogP contribution is 2.48. The first-order chi connectivity index (χ1) is 8.15. The summed E-state index contributed by atoms with van der Waals surface area (Å²) in [6.07, 6.45) is 6.69. The number of hydrogen-bond acceptors (Lipinski definition) is 1. The molecule has 0 amide bonds. The molecule has 2 atom stereocenters. The summed E-state index contributed by atoms with van der Waals surface area (Å²) in [4.78, 5) is 0. The van der Waals surface area contributed by atoms with Crippen LogP contribution in [0.2, 0.25) is 0 Å². The van der Waals surface area contributed by atoms with Crippen molar-refractivity contribution in [2.45, 2.75) is 32.2 Å². The van der Waals surface area contributed by atoms with E-state index in [1.165, 1.54) is 22.3 Å². The Morgan fingerprint density at radius 1 is 1.35 bits per heavy atom. The van der Waals surface area contributed by atoms with Crippen LogP contribution in [0.4, 0.5) is 0 Å². The molecule has 1 aromatic carbocycles. The van der Waals surface area contributed by atoms with Crippen LogP contribution in [-0.2, 0) is 12.0 Å². The molecule has 2 aliphatic carbocycles. The summed E-state index contributed by atoms with van der Waals surface area (Å²) in [5, 5.41) is 0. The zero-order valence-electron chi connectivity index (χ0n) is 10.5. The van der Waals surface area contributed by atoms with Gasteiger partial charge in [0.25, 0.3) is 0 Å². The zero-order chi connectivity index (χ0) is 12.0. The molecule has 2 aliphatic rings. The largest absolute Gasteiger partial charge is 0.318 e. The van der Waals surface area contributed by atoms with Gasteiger partial charge in [-0.1, -0.05) is 42.0 Å². The van der Waals surface area contributed by atoms with Gasteiger partial charge in [0.05, 0.1) is 5.54 Å². The third kappa shape index (κ3) is 1.42. The number of fused-ring (bicyclic) bond motifs is 4. The molecule has 88 valence electrons. The van der Waals surface area contributed by atoms with Crippen LogP contribution in [0.15, 0.2) is 47.6 Å². The summed E-state index contributed by atoms with van der Waals surface area (Å²) < 4.78 is 0. The van der Waals surface area contributed by atoms with Crippen molar-refractivity contribution in [3.05, 3.63) is 58.7 Å². The van der Waals surface area contributed by atoms with Crippen molar-refractivity contribution in [1.82, 2.24) is 0 Å². The van der Waals surface area contributed by atoms with Gasteiger partial charge in [-0.2, -0.15) is 0 Å². The summed E-state index contributed by atoms with van der Waals surface area (Å²) in [7, 11) is 0. The molecule has 2 unspecified atom stereocenters. The standard InChI is InChI=1S/C16H19N/c1-3-14-13-8-11(2)10-16(14,17)15-7-5-4-6-12(15)9-13/h3-8,13H,9-10,17H2,1-2H3/b14-3+. The van der Waals surface area contributed by atoms with Gasteiger partial charge in [0, 0.05) is 5.92 Å². The molecular weight excluding hydrogens is 206 g/mol. The van der Waals surface area contributed by atoms with Gasteiger partial charge in [-0.25, -0.2) is 0 Å². The average Bonchev–Trinajstić information content (AvgIpc) is 2.28.